The van der Waals surface area contributed by atoms with Crippen molar-refractivity contribution in [2.75, 3.05) is 10.6 Å². The second-order valence-corrected chi connectivity index (χ2v) is 5.78. The summed E-state index contributed by atoms with van der Waals surface area (Å²) in [5, 5.41) is 14.5. The number of nitrogens with one attached hydrogen (secondary N) is 3. The number of benzene rings is 2. The summed E-state index contributed by atoms with van der Waals surface area (Å²) in [6.45, 7) is 2.09. The fourth-order valence-corrected chi connectivity index (χ4v) is 2.71. The third-order valence-corrected chi connectivity index (χ3v) is 4.00. The molecule has 2 aromatic heterocycles. The van der Waals surface area contributed by atoms with Gasteiger partial charge in [0.05, 0.1) is 17.8 Å². The van der Waals surface area contributed by atoms with E-state index in [1.807, 2.05) is 48.5 Å². The van der Waals surface area contributed by atoms with Crippen molar-refractivity contribution in [1.29, 1.82) is 0 Å². The molecule has 0 aliphatic heterocycles. The van der Waals surface area contributed by atoms with Gasteiger partial charge in [0.15, 0.2) is 0 Å². The zero-order valence-electron chi connectivity index (χ0n) is 13.8. The quantitative estimate of drug-likeness (QED) is 0.509. The fourth-order valence-electron chi connectivity index (χ4n) is 2.71. The third-order valence-electron chi connectivity index (χ3n) is 4.00. The van der Waals surface area contributed by atoms with Gasteiger partial charge in [-0.1, -0.05) is 42.5 Å². The maximum absolute atomic E-state index is 4.66. The van der Waals surface area contributed by atoms with Crippen molar-refractivity contribution in [3.05, 3.63) is 72.4 Å². The molecule has 0 amide bonds. The van der Waals surface area contributed by atoms with Crippen molar-refractivity contribution in [2.45, 2.75) is 13.0 Å². The normalized spacial score (nSPS) is 12.0. The molecule has 0 aliphatic carbocycles. The highest BCUT2D eigenvalue weighted by atomic mass is 15.2. The molecule has 0 saturated carbocycles. The van der Waals surface area contributed by atoms with E-state index < -0.39 is 0 Å². The average molecular weight is 330 g/mol. The number of hydrogen-bond donors (Lipinski definition) is 3. The molecule has 25 heavy (non-hydrogen) atoms. The highest BCUT2D eigenvalue weighted by molar-refractivity contribution is 5.91. The molecule has 124 valence electrons. The highest BCUT2D eigenvalue weighted by Gasteiger charge is 2.11. The molecule has 4 aromatic rings. The molecule has 6 heteroatoms. The summed E-state index contributed by atoms with van der Waals surface area (Å²) < 4.78 is 0. The van der Waals surface area contributed by atoms with E-state index in [4.69, 9.17) is 0 Å². The Morgan fingerprint density at radius 2 is 1.72 bits per heavy atom. The summed E-state index contributed by atoms with van der Waals surface area (Å²) in [5.74, 6) is 2.10. The average Bonchev–Trinajstić information content (AvgIpc) is 3.15. The standard InChI is InChI=1S/C19H18N6/c1-13(14-7-3-2-4-8-14)21-19-22-16-10-6-5-9-15(16)18(24-19)23-17-11-12-20-25-17/h2-13H,1H3,(H3,20,21,22,23,24,25)/t13-/m1/s1. The van der Waals surface area contributed by atoms with Crippen LogP contribution in [0, 0.1) is 0 Å². The van der Waals surface area contributed by atoms with Crippen molar-refractivity contribution >= 4 is 28.5 Å². The predicted octanol–water partition coefficient (Wildman–Crippen LogP) is 4.27. The molecule has 0 fully saturated rings. The summed E-state index contributed by atoms with van der Waals surface area (Å²) in [4.78, 5) is 9.30. The van der Waals surface area contributed by atoms with E-state index in [2.05, 4.69) is 49.9 Å². The van der Waals surface area contributed by atoms with Gasteiger partial charge in [-0.05, 0) is 24.6 Å². The molecule has 0 bridgehead atoms. The smallest absolute Gasteiger partial charge is 0.225 e. The van der Waals surface area contributed by atoms with Crippen LogP contribution >= 0.6 is 0 Å². The lowest BCUT2D eigenvalue weighted by Gasteiger charge is -2.16. The lowest BCUT2D eigenvalue weighted by atomic mass is 10.1. The van der Waals surface area contributed by atoms with Gasteiger partial charge in [-0.2, -0.15) is 10.1 Å². The summed E-state index contributed by atoms with van der Waals surface area (Å²) in [7, 11) is 0. The minimum Gasteiger partial charge on any atom is -0.348 e. The van der Waals surface area contributed by atoms with Crippen molar-refractivity contribution < 1.29 is 0 Å². The Hall–Kier alpha value is -3.41. The van der Waals surface area contributed by atoms with Gasteiger partial charge in [0.2, 0.25) is 5.95 Å². The number of para-hydroxylation sites is 1. The minimum absolute atomic E-state index is 0.0994. The number of rotatable bonds is 5. The summed E-state index contributed by atoms with van der Waals surface area (Å²) in [5.41, 5.74) is 2.06. The molecule has 1 atom stereocenters. The van der Waals surface area contributed by atoms with E-state index in [1.54, 1.807) is 6.20 Å². The Kier molecular flexibility index (Phi) is 4.00. The molecule has 0 unspecified atom stereocenters. The van der Waals surface area contributed by atoms with Crippen molar-refractivity contribution in [1.82, 2.24) is 20.2 Å². The zero-order chi connectivity index (χ0) is 17.1. The van der Waals surface area contributed by atoms with E-state index in [0.29, 0.717) is 5.95 Å². The van der Waals surface area contributed by atoms with Crippen LogP contribution in [-0.2, 0) is 0 Å². The number of H-pyrrole nitrogens is 1. The largest absolute Gasteiger partial charge is 0.348 e. The van der Waals surface area contributed by atoms with E-state index in [9.17, 15) is 0 Å². The van der Waals surface area contributed by atoms with Crippen LogP contribution < -0.4 is 10.6 Å². The monoisotopic (exact) mass is 330 g/mol. The van der Waals surface area contributed by atoms with Crippen LogP contribution in [0.3, 0.4) is 0 Å². The third kappa shape index (κ3) is 3.28. The highest BCUT2D eigenvalue weighted by Crippen LogP contribution is 2.26. The molecule has 3 N–H and O–H groups in total. The number of aromatic nitrogens is 4. The summed E-state index contributed by atoms with van der Waals surface area (Å²) >= 11 is 0. The molecule has 2 heterocycles. The molecule has 0 spiro atoms. The SMILES string of the molecule is C[C@@H](Nc1nc(Nc2ccn[nH]2)c2ccccc2n1)c1ccccc1. The van der Waals surface area contributed by atoms with Crippen LogP contribution in [0.15, 0.2) is 66.9 Å². The molecular formula is C19H18N6. The maximum atomic E-state index is 4.66. The van der Waals surface area contributed by atoms with Crippen molar-refractivity contribution in [3.63, 3.8) is 0 Å². The van der Waals surface area contributed by atoms with Gasteiger partial charge in [-0.25, -0.2) is 4.98 Å². The first-order valence-corrected chi connectivity index (χ1v) is 8.14. The first-order chi connectivity index (χ1) is 12.3. The Labute approximate surface area is 145 Å². The van der Waals surface area contributed by atoms with E-state index in [0.717, 1.165) is 22.5 Å². The number of nitrogens with zero attached hydrogens (tertiary/aromatic N) is 3. The van der Waals surface area contributed by atoms with Crippen LogP contribution in [0.25, 0.3) is 10.9 Å². The second-order valence-electron chi connectivity index (χ2n) is 5.78. The summed E-state index contributed by atoms with van der Waals surface area (Å²) in [6, 6.07) is 20.1. The van der Waals surface area contributed by atoms with Gasteiger partial charge >= 0.3 is 0 Å². The zero-order valence-corrected chi connectivity index (χ0v) is 13.8. The predicted molar refractivity (Wildman–Crippen MR) is 99.9 cm³/mol. The fraction of sp³-hybridized carbons (Fsp3) is 0.105. The van der Waals surface area contributed by atoms with Gasteiger partial charge in [0, 0.05) is 11.5 Å². The summed E-state index contributed by atoms with van der Waals surface area (Å²) in [6.07, 6.45) is 1.70. The Bertz CT molecular complexity index is 966. The molecular weight excluding hydrogens is 312 g/mol. The van der Waals surface area contributed by atoms with Gasteiger partial charge in [-0.15, -0.1) is 0 Å². The molecule has 6 nitrogen and oxygen atoms in total. The van der Waals surface area contributed by atoms with Crippen molar-refractivity contribution in [2.24, 2.45) is 0 Å². The molecule has 0 radical (unpaired) electrons. The van der Waals surface area contributed by atoms with Gasteiger partial charge in [0.1, 0.15) is 11.6 Å². The van der Waals surface area contributed by atoms with Crippen LogP contribution in [0.4, 0.5) is 17.6 Å². The van der Waals surface area contributed by atoms with Gasteiger partial charge in [0.25, 0.3) is 0 Å². The van der Waals surface area contributed by atoms with Crippen LogP contribution in [0.5, 0.6) is 0 Å². The number of anilines is 3. The van der Waals surface area contributed by atoms with Crippen LogP contribution in [-0.4, -0.2) is 20.2 Å². The van der Waals surface area contributed by atoms with Crippen LogP contribution in [0.2, 0.25) is 0 Å². The molecule has 0 aliphatic rings. The maximum Gasteiger partial charge on any atom is 0.225 e. The Balaban J connectivity index is 1.69. The minimum atomic E-state index is 0.0994. The van der Waals surface area contributed by atoms with E-state index >= 15 is 0 Å². The van der Waals surface area contributed by atoms with E-state index in [-0.39, 0.29) is 6.04 Å². The Morgan fingerprint density at radius 3 is 2.52 bits per heavy atom. The van der Waals surface area contributed by atoms with Crippen molar-refractivity contribution in [3.8, 4) is 0 Å². The molecule has 0 saturated heterocycles. The van der Waals surface area contributed by atoms with Gasteiger partial charge < -0.3 is 10.6 Å². The van der Waals surface area contributed by atoms with E-state index in [1.165, 1.54) is 5.56 Å². The molecule has 4 rings (SSSR count). The first-order valence-electron chi connectivity index (χ1n) is 8.14. The first kappa shape index (κ1) is 15.1. The second kappa shape index (κ2) is 6.60. The molecule has 2 aromatic carbocycles. The Morgan fingerprint density at radius 1 is 0.920 bits per heavy atom. The number of fused-ring (bicyclic) bond motifs is 1. The lowest BCUT2D eigenvalue weighted by Crippen LogP contribution is -2.10. The topological polar surface area (TPSA) is 78.5 Å². The number of aromatic amines is 1. The van der Waals surface area contributed by atoms with Gasteiger partial charge in [-0.3, -0.25) is 5.10 Å². The van der Waals surface area contributed by atoms with Crippen LogP contribution in [0.1, 0.15) is 18.5 Å². The lowest BCUT2D eigenvalue weighted by molar-refractivity contribution is 0.864. The number of hydrogen-bond acceptors (Lipinski definition) is 5.